The smallest absolute Gasteiger partial charge is 0.212 e. The lowest BCUT2D eigenvalue weighted by atomic mass is 9.99. The highest BCUT2D eigenvalue weighted by molar-refractivity contribution is 7.26. The van der Waals surface area contributed by atoms with Crippen molar-refractivity contribution >= 4 is 49.1 Å². The zero-order chi connectivity index (χ0) is 23.7. The average molecular weight is 470 g/mol. The Morgan fingerprint density at radius 2 is 1.94 bits per heavy atom. The van der Waals surface area contributed by atoms with Crippen molar-refractivity contribution in [2.24, 2.45) is 10.9 Å². The van der Waals surface area contributed by atoms with E-state index in [2.05, 4.69) is 64.4 Å². The van der Waals surface area contributed by atoms with Crippen molar-refractivity contribution in [2.75, 3.05) is 24.5 Å². The molecule has 8 heteroatoms. The number of piperazine rings is 1. The molecular formula is C26H27N7S. The van der Waals surface area contributed by atoms with Crippen molar-refractivity contribution in [2.45, 2.75) is 26.8 Å². The summed E-state index contributed by atoms with van der Waals surface area (Å²) >= 11 is 1.75. The molecule has 0 spiro atoms. The largest absolute Gasteiger partial charge is 0.351 e. The van der Waals surface area contributed by atoms with Gasteiger partial charge in [-0.15, -0.1) is 11.3 Å². The first-order valence-electron chi connectivity index (χ1n) is 11.5. The second-order valence-electron chi connectivity index (χ2n) is 8.88. The predicted octanol–water partition coefficient (Wildman–Crippen LogP) is 5.06. The summed E-state index contributed by atoms with van der Waals surface area (Å²) in [6.45, 7) is 8.77. The molecule has 0 saturated carbocycles. The summed E-state index contributed by atoms with van der Waals surface area (Å²) in [7, 11) is 0. The van der Waals surface area contributed by atoms with E-state index in [1.165, 1.54) is 10.1 Å². The van der Waals surface area contributed by atoms with Crippen LogP contribution in [0.2, 0.25) is 0 Å². The number of thiophene rings is 1. The topological polar surface area (TPSA) is 80.4 Å². The van der Waals surface area contributed by atoms with Gasteiger partial charge in [-0.3, -0.25) is 5.32 Å². The second-order valence-corrected chi connectivity index (χ2v) is 9.93. The molecule has 0 radical (unpaired) electrons. The normalized spacial score (nSPS) is 16.9. The maximum absolute atomic E-state index is 9.46. The zero-order valence-electron chi connectivity index (χ0n) is 19.6. The fourth-order valence-electron chi connectivity index (χ4n) is 4.59. The van der Waals surface area contributed by atoms with Gasteiger partial charge in [-0.05, 0) is 30.5 Å². The van der Waals surface area contributed by atoms with Crippen molar-refractivity contribution in [3.8, 4) is 6.19 Å². The van der Waals surface area contributed by atoms with Crippen molar-refractivity contribution in [3.63, 3.8) is 0 Å². The Labute approximate surface area is 203 Å². The van der Waals surface area contributed by atoms with Crippen molar-refractivity contribution in [1.29, 1.82) is 5.26 Å². The number of aromatic nitrogens is 2. The van der Waals surface area contributed by atoms with Gasteiger partial charge in [0.15, 0.2) is 6.19 Å². The Morgan fingerprint density at radius 3 is 2.74 bits per heavy atom. The summed E-state index contributed by atoms with van der Waals surface area (Å²) in [4.78, 5) is 18.8. The quantitative estimate of drug-likeness (QED) is 0.196. The Hall–Kier alpha value is -3.70. The molecule has 1 unspecified atom stereocenters. The predicted molar refractivity (Wildman–Crippen MR) is 139 cm³/mol. The maximum atomic E-state index is 9.46. The van der Waals surface area contributed by atoms with E-state index in [-0.39, 0.29) is 6.04 Å². The number of nitrogens with zero attached hydrogens (tertiary/aromatic N) is 6. The van der Waals surface area contributed by atoms with Crippen LogP contribution in [0.5, 0.6) is 0 Å². The van der Waals surface area contributed by atoms with E-state index in [9.17, 15) is 5.26 Å². The van der Waals surface area contributed by atoms with Gasteiger partial charge in [-0.25, -0.2) is 15.0 Å². The Balaban J connectivity index is 1.50. The number of guanidine groups is 1. The number of fused-ring (bicyclic) bond motifs is 3. The van der Waals surface area contributed by atoms with Crippen LogP contribution in [0.4, 0.5) is 11.5 Å². The lowest BCUT2D eigenvalue weighted by molar-refractivity contribution is 0.220. The molecule has 34 heavy (non-hydrogen) atoms. The van der Waals surface area contributed by atoms with Crippen LogP contribution in [0.1, 0.15) is 19.4 Å². The minimum Gasteiger partial charge on any atom is -0.351 e. The number of rotatable bonds is 3. The highest BCUT2D eigenvalue weighted by Crippen LogP contribution is 2.37. The first-order valence-corrected chi connectivity index (χ1v) is 12.3. The first-order chi connectivity index (χ1) is 16.6. The number of hydrogen-bond acceptors (Lipinski definition) is 6. The summed E-state index contributed by atoms with van der Waals surface area (Å²) in [6, 6.07) is 16.5. The van der Waals surface area contributed by atoms with E-state index in [0.29, 0.717) is 11.9 Å². The van der Waals surface area contributed by atoms with Crippen LogP contribution in [-0.4, -0.2) is 46.5 Å². The van der Waals surface area contributed by atoms with Gasteiger partial charge in [-0.1, -0.05) is 50.2 Å². The van der Waals surface area contributed by atoms with Crippen molar-refractivity contribution in [3.05, 3.63) is 60.4 Å². The van der Waals surface area contributed by atoms with E-state index >= 15 is 0 Å². The molecule has 1 atom stereocenters. The standard InChI is InChI=1S/C26H27N7S/c1-17(2)21-14-32(25-24-23(29-16-30-25)19-9-5-7-11-22(19)34-24)12-13-33(21)26(28-15-27)31-20-10-6-4-8-18(20)3/h4-11,16-17,21H,12-14H2,1-3H3,(H,28,31). The Bertz CT molecular complexity index is 1400. The van der Waals surface area contributed by atoms with E-state index in [0.717, 1.165) is 46.9 Å². The molecule has 1 fully saturated rings. The van der Waals surface area contributed by atoms with E-state index in [1.54, 1.807) is 17.7 Å². The second kappa shape index (κ2) is 9.27. The summed E-state index contributed by atoms with van der Waals surface area (Å²) < 4.78 is 2.35. The molecule has 0 bridgehead atoms. The van der Waals surface area contributed by atoms with E-state index in [1.807, 2.05) is 31.2 Å². The van der Waals surface area contributed by atoms with Crippen LogP contribution in [0.25, 0.3) is 20.3 Å². The monoisotopic (exact) mass is 469 g/mol. The van der Waals surface area contributed by atoms with Gasteiger partial charge in [-0.2, -0.15) is 5.26 Å². The van der Waals surface area contributed by atoms with Gasteiger partial charge in [0, 0.05) is 29.7 Å². The van der Waals surface area contributed by atoms with Gasteiger partial charge in [0.25, 0.3) is 0 Å². The SMILES string of the molecule is Cc1ccccc1N=C(NC#N)N1CCN(c2ncnc3c2sc2ccccc23)CC1C(C)C. The van der Waals surface area contributed by atoms with Crippen LogP contribution < -0.4 is 10.2 Å². The summed E-state index contributed by atoms with van der Waals surface area (Å²) in [6.07, 6.45) is 3.77. The highest BCUT2D eigenvalue weighted by atomic mass is 32.1. The van der Waals surface area contributed by atoms with E-state index < -0.39 is 0 Å². The molecule has 1 aliphatic rings. The molecule has 0 aliphatic carbocycles. The fraction of sp³-hybridized carbons (Fsp3) is 0.308. The zero-order valence-corrected chi connectivity index (χ0v) is 20.4. The summed E-state index contributed by atoms with van der Waals surface area (Å²) in [5.74, 6) is 1.94. The molecule has 2 aromatic carbocycles. The first kappa shape index (κ1) is 22.1. The minimum atomic E-state index is 0.164. The van der Waals surface area contributed by atoms with Crippen molar-refractivity contribution < 1.29 is 0 Å². The average Bonchev–Trinajstić information content (AvgIpc) is 3.23. The van der Waals surface area contributed by atoms with Gasteiger partial charge in [0.05, 0.1) is 21.9 Å². The van der Waals surface area contributed by atoms with Crippen LogP contribution >= 0.6 is 11.3 Å². The van der Waals surface area contributed by atoms with Gasteiger partial charge in [0.1, 0.15) is 12.1 Å². The fourth-order valence-corrected chi connectivity index (χ4v) is 5.76. The molecule has 1 saturated heterocycles. The van der Waals surface area contributed by atoms with Crippen LogP contribution in [0, 0.1) is 24.3 Å². The van der Waals surface area contributed by atoms with E-state index in [4.69, 9.17) is 9.98 Å². The third-order valence-electron chi connectivity index (χ3n) is 6.41. The Morgan fingerprint density at radius 1 is 1.15 bits per heavy atom. The van der Waals surface area contributed by atoms with Gasteiger partial charge in [0.2, 0.25) is 5.96 Å². The third kappa shape index (κ3) is 4.03. The maximum Gasteiger partial charge on any atom is 0.212 e. The molecule has 1 aliphatic heterocycles. The number of benzene rings is 2. The third-order valence-corrected chi connectivity index (χ3v) is 7.56. The van der Waals surface area contributed by atoms with Gasteiger partial charge >= 0.3 is 0 Å². The number of para-hydroxylation sites is 1. The lowest BCUT2D eigenvalue weighted by Gasteiger charge is -2.44. The summed E-state index contributed by atoms with van der Waals surface area (Å²) in [5.41, 5.74) is 2.96. The number of aliphatic imine (C=N–C) groups is 1. The number of anilines is 1. The molecule has 3 heterocycles. The highest BCUT2D eigenvalue weighted by Gasteiger charge is 2.33. The molecular weight excluding hydrogens is 442 g/mol. The van der Waals surface area contributed by atoms with Crippen LogP contribution in [0.15, 0.2) is 59.9 Å². The molecule has 172 valence electrons. The molecule has 1 N–H and O–H groups in total. The van der Waals surface area contributed by atoms with Crippen molar-refractivity contribution in [1.82, 2.24) is 20.2 Å². The van der Waals surface area contributed by atoms with Crippen LogP contribution in [-0.2, 0) is 0 Å². The molecule has 4 aromatic rings. The number of hydrogen-bond donors (Lipinski definition) is 1. The molecule has 7 nitrogen and oxygen atoms in total. The Kier molecular flexibility index (Phi) is 6.03. The number of aryl methyl sites for hydroxylation is 1. The minimum absolute atomic E-state index is 0.164. The molecule has 2 aromatic heterocycles. The molecule has 0 amide bonds. The number of nitrogens with one attached hydrogen (secondary N) is 1. The molecule has 5 rings (SSSR count). The number of nitriles is 1. The van der Waals surface area contributed by atoms with Gasteiger partial charge < -0.3 is 9.80 Å². The van der Waals surface area contributed by atoms with Crippen LogP contribution in [0.3, 0.4) is 0 Å². The lowest BCUT2D eigenvalue weighted by Crippen LogP contribution is -2.59. The summed E-state index contributed by atoms with van der Waals surface area (Å²) in [5, 5.41) is 13.5.